The van der Waals surface area contributed by atoms with Gasteiger partial charge in [-0.05, 0) is 43.2 Å². The minimum absolute atomic E-state index is 0.0124. The molecule has 2 fully saturated rings. The molecule has 3 aromatic heterocycles. The van der Waals surface area contributed by atoms with E-state index < -0.39 is 17.7 Å². The van der Waals surface area contributed by atoms with E-state index in [4.69, 9.17) is 14.7 Å². The maximum absolute atomic E-state index is 15.7. The Morgan fingerprint density at radius 2 is 1.66 bits per heavy atom. The van der Waals surface area contributed by atoms with Crippen LogP contribution in [-0.2, 0) is 4.74 Å². The zero-order chi connectivity index (χ0) is 32.3. The minimum atomic E-state index is -0.847. The summed E-state index contributed by atoms with van der Waals surface area (Å²) in [6, 6.07) is 13.2. The number of hydrogen-bond donors (Lipinski definition) is 2. The van der Waals surface area contributed by atoms with Crippen LogP contribution in [0.1, 0.15) is 29.2 Å². The number of morpholine rings is 1. The van der Waals surface area contributed by atoms with Crippen LogP contribution < -0.4 is 15.5 Å². The monoisotopic (exact) mass is 639 g/mol. The molecule has 0 unspecified atom stereocenters. The van der Waals surface area contributed by atoms with Crippen molar-refractivity contribution >= 4 is 40.2 Å². The number of aromatic nitrogens is 5. The van der Waals surface area contributed by atoms with E-state index in [1.165, 1.54) is 0 Å². The second-order valence-electron chi connectivity index (χ2n) is 11.3. The summed E-state index contributed by atoms with van der Waals surface area (Å²) in [6.07, 6.45) is 6.15. The summed E-state index contributed by atoms with van der Waals surface area (Å²) < 4.78 is 38.4. The first-order chi connectivity index (χ1) is 22.9. The van der Waals surface area contributed by atoms with Crippen LogP contribution >= 0.6 is 0 Å². The fraction of sp³-hybridized carbons (Fsp3) is 0.273. The molecule has 2 aliphatic heterocycles. The molecule has 2 aromatic carbocycles. The predicted octanol–water partition coefficient (Wildman–Crippen LogP) is 5.12. The van der Waals surface area contributed by atoms with E-state index in [9.17, 15) is 9.59 Å². The lowest BCUT2D eigenvalue weighted by atomic mass is 10.0. The lowest BCUT2D eigenvalue weighted by molar-refractivity contribution is 0.0691. The van der Waals surface area contributed by atoms with E-state index in [1.807, 2.05) is 4.90 Å². The summed E-state index contributed by atoms with van der Waals surface area (Å²) in [5.41, 5.74) is 1.04. The first-order valence-electron chi connectivity index (χ1n) is 15.3. The number of halogens is 2. The molecule has 2 aliphatic rings. The van der Waals surface area contributed by atoms with Crippen molar-refractivity contribution in [3.8, 4) is 11.4 Å². The molecule has 0 bridgehead atoms. The van der Waals surface area contributed by atoms with E-state index in [0.29, 0.717) is 80.3 Å². The van der Waals surface area contributed by atoms with Gasteiger partial charge in [0.15, 0.2) is 11.5 Å². The van der Waals surface area contributed by atoms with Gasteiger partial charge < -0.3 is 25.2 Å². The topological polar surface area (TPSA) is 130 Å². The Balaban J connectivity index is 1.18. The Labute approximate surface area is 268 Å². The van der Waals surface area contributed by atoms with Crippen LogP contribution in [0.5, 0.6) is 0 Å². The van der Waals surface area contributed by atoms with Crippen molar-refractivity contribution in [3.05, 3.63) is 90.4 Å². The number of carbonyl (C=O) groups excluding carboxylic acids is 2. The van der Waals surface area contributed by atoms with Crippen LogP contribution in [0.25, 0.3) is 22.4 Å². The number of para-hydroxylation sites is 1. The molecule has 5 aromatic rings. The van der Waals surface area contributed by atoms with E-state index in [-0.39, 0.29) is 29.0 Å². The number of benzene rings is 2. The Morgan fingerprint density at radius 3 is 2.40 bits per heavy atom. The lowest BCUT2D eigenvalue weighted by Crippen LogP contribution is -2.39. The number of pyridine rings is 1. The van der Waals surface area contributed by atoms with E-state index in [1.54, 1.807) is 70.6 Å². The summed E-state index contributed by atoms with van der Waals surface area (Å²) in [5.74, 6) is -1.19. The number of likely N-dealkylation sites (tertiary alicyclic amines) is 1. The zero-order valence-electron chi connectivity index (χ0n) is 25.3. The highest BCUT2D eigenvalue weighted by molar-refractivity contribution is 6.00. The first-order valence-corrected chi connectivity index (χ1v) is 15.3. The minimum Gasteiger partial charge on any atom is -0.378 e. The largest absolute Gasteiger partial charge is 0.378 e. The van der Waals surface area contributed by atoms with Gasteiger partial charge >= 0.3 is 6.03 Å². The maximum atomic E-state index is 15.7. The van der Waals surface area contributed by atoms with Crippen molar-refractivity contribution < 1.29 is 23.1 Å². The molecule has 0 atom stereocenters. The van der Waals surface area contributed by atoms with Gasteiger partial charge in [-0.1, -0.05) is 18.2 Å². The molecule has 14 heteroatoms. The predicted molar refractivity (Wildman–Crippen MR) is 171 cm³/mol. The Bertz CT molecular complexity index is 1910. The van der Waals surface area contributed by atoms with Crippen molar-refractivity contribution in [3.63, 3.8) is 0 Å². The number of ether oxygens (including phenoxy) is 1. The summed E-state index contributed by atoms with van der Waals surface area (Å²) in [6.45, 7) is 3.13. The molecule has 12 nitrogen and oxygen atoms in total. The number of fused-ring (bicyclic) bond motifs is 1. The number of piperidine rings is 1. The average Bonchev–Trinajstić information content (AvgIpc) is 3.54. The molecule has 2 saturated heterocycles. The second kappa shape index (κ2) is 13.1. The number of nitrogens with one attached hydrogen (secondary N) is 2. The third kappa shape index (κ3) is 6.31. The average molecular weight is 640 g/mol. The molecule has 0 radical (unpaired) electrons. The molecule has 0 aliphatic carbocycles. The van der Waals surface area contributed by atoms with Gasteiger partial charge in [0.2, 0.25) is 0 Å². The van der Waals surface area contributed by atoms with Crippen LogP contribution in [-0.4, -0.2) is 81.0 Å². The van der Waals surface area contributed by atoms with Gasteiger partial charge in [-0.3, -0.25) is 9.78 Å². The summed E-state index contributed by atoms with van der Waals surface area (Å²) in [4.78, 5) is 42.8. The number of urea groups is 1. The van der Waals surface area contributed by atoms with Crippen molar-refractivity contribution in [2.24, 2.45) is 0 Å². The van der Waals surface area contributed by atoms with E-state index in [2.05, 4.69) is 20.7 Å². The Morgan fingerprint density at radius 1 is 0.872 bits per heavy atom. The van der Waals surface area contributed by atoms with Crippen LogP contribution in [0.15, 0.2) is 73.2 Å². The molecule has 0 spiro atoms. The molecule has 47 heavy (non-hydrogen) atoms. The summed E-state index contributed by atoms with van der Waals surface area (Å²) in [5, 5.41) is 10.3. The molecular formula is C33H31F2N9O3. The van der Waals surface area contributed by atoms with Crippen molar-refractivity contribution in [2.75, 3.05) is 54.9 Å². The highest BCUT2D eigenvalue weighted by Gasteiger charge is 2.29. The number of nitrogens with zero attached hydrogens (tertiary/aromatic N) is 7. The number of amides is 3. The molecule has 7 rings (SSSR count). The summed E-state index contributed by atoms with van der Waals surface area (Å²) in [7, 11) is 0. The SMILES string of the molecule is O=C(Nc1ccccc1)Nc1cc(F)c(-c2nc(N3CCOCC3)c3cnn(C4CCN(C(=O)c5cccnc5)CC4)c3n2)cc1F. The van der Waals surface area contributed by atoms with Crippen LogP contribution in [0, 0.1) is 11.6 Å². The smallest absolute Gasteiger partial charge is 0.323 e. The fourth-order valence-corrected chi connectivity index (χ4v) is 5.92. The van der Waals surface area contributed by atoms with Gasteiger partial charge in [-0.25, -0.2) is 28.2 Å². The van der Waals surface area contributed by atoms with Gasteiger partial charge in [-0.15, -0.1) is 0 Å². The fourth-order valence-electron chi connectivity index (χ4n) is 5.92. The van der Waals surface area contributed by atoms with Crippen molar-refractivity contribution in [2.45, 2.75) is 18.9 Å². The second-order valence-corrected chi connectivity index (χ2v) is 11.3. The highest BCUT2D eigenvalue weighted by atomic mass is 19.1. The lowest BCUT2D eigenvalue weighted by Gasteiger charge is -2.32. The number of anilines is 3. The molecule has 240 valence electrons. The highest BCUT2D eigenvalue weighted by Crippen LogP contribution is 2.34. The molecule has 0 saturated carbocycles. The summed E-state index contributed by atoms with van der Waals surface area (Å²) >= 11 is 0. The number of hydrogen-bond acceptors (Lipinski definition) is 8. The van der Waals surface area contributed by atoms with E-state index >= 15 is 8.78 Å². The Hall–Kier alpha value is -5.50. The number of rotatable bonds is 6. The molecule has 5 heterocycles. The molecule has 3 amide bonds. The maximum Gasteiger partial charge on any atom is 0.323 e. The van der Waals surface area contributed by atoms with Gasteiger partial charge in [0, 0.05) is 50.3 Å². The van der Waals surface area contributed by atoms with Gasteiger partial charge in [0.25, 0.3) is 5.91 Å². The van der Waals surface area contributed by atoms with Gasteiger partial charge in [0.05, 0.1) is 47.7 Å². The Kier molecular flexibility index (Phi) is 8.40. The van der Waals surface area contributed by atoms with E-state index in [0.717, 1.165) is 12.1 Å². The third-order valence-corrected chi connectivity index (χ3v) is 8.33. The van der Waals surface area contributed by atoms with Crippen molar-refractivity contribution in [1.82, 2.24) is 29.6 Å². The zero-order valence-corrected chi connectivity index (χ0v) is 25.3. The van der Waals surface area contributed by atoms with Gasteiger partial charge in [0.1, 0.15) is 17.5 Å². The first kappa shape index (κ1) is 30.2. The van der Waals surface area contributed by atoms with Gasteiger partial charge in [-0.2, -0.15) is 5.10 Å². The normalized spacial score (nSPS) is 15.5. The van der Waals surface area contributed by atoms with Crippen LogP contribution in [0.2, 0.25) is 0 Å². The standard InChI is InChI=1S/C33H31F2N9O3/c34-26-18-28(39-33(46)38-22-6-2-1-3-7-22)27(35)17-24(26)29-40-30(42-13-15-47-16-14-42)25-20-37-44(31(25)41-29)23-8-11-43(12-9-23)32(45)21-5-4-10-36-19-21/h1-7,10,17-20,23H,8-9,11-16H2,(H2,38,39,46). The third-order valence-electron chi connectivity index (χ3n) is 8.33. The van der Waals surface area contributed by atoms with Crippen LogP contribution in [0.3, 0.4) is 0 Å². The van der Waals surface area contributed by atoms with Crippen molar-refractivity contribution in [1.29, 1.82) is 0 Å². The molecular weight excluding hydrogens is 608 g/mol. The van der Waals surface area contributed by atoms with Crippen LogP contribution in [0.4, 0.5) is 30.8 Å². The number of carbonyl (C=O) groups is 2. The molecule has 2 N–H and O–H groups in total. The quantitative estimate of drug-likeness (QED) is 0.262.